The standard InChI is InChI=1S/C24H30F3N5O/c1-15-22(30-20-7-5-4-6-19(20)23(15)33)16(2)29-21-9-8-18(14-32(21)28-3)31-12-10-17(11-13-31)24(25,26)27/h4-7,16-18H,3,8-14H2,1-2H3,(H,30,33). The fraction of sp³-hybridized carbons (Fsp3) is 0.542. The molecular formula is C24H30F3N5O. The predicted molar refractivity (Wildman–Crippen MR) is 125 cm³/mol. The van der Waals surface area contributed by atoms with E-state index in [0.29, 0.717) is 37.0 Å². The number of H-pyrrole nitrogens is 1. The Morgan fingerprint density at radius 2 is 1.88 bits per heavy atom. The molecule has 33 heavy (non-hydrogen) atoms. The third-order valence-electron chi connectivity index (χ3n) is 7.01. The first kappa shape index (κ1) is 23.5. The molecule has 3 heterocycles. The first-order valence-electron chi connectivity index (χ1n) is 11.4. The third kappa shape index (κ3) is 4.83. The fourth-order valence-corrected chi connectivity index (χ4v) is 5.04. The number of nitrogens with one attached hydrogen (secondary N) is 1. The van der Waals surface area contributed by atoms with Crippen molar-refractivity contribution in [1.82, 2.24) is 14.9 Å². The number of aromatic nitrogens is 1. The number of pyridine rings is 1. The number of amidine groups is 1. The molecule has 0 aliphatic carbocycles. The summed E-state index contributed by atoms with van der Waals surface area (Å²) < 4.78 is 39.0. The van der Waals surface area contributed by atoms with Gasteiger partial charge in [0.15, 0.2) is 5.43 Å². The van der Waals surface area contributed by atoms with Crippen molar-refractivity contribution in [3.8, 4) is 0 Å². The van der Waals surface area contributed by atoms with Gasteiger partial charge < -0.3 is 4.98 Å². The van der Waals surface area contributed by atoms with Crippen LogP contribution in [-0.4, -0.2) is 59.3 Å². The van der Waals surface area contributed by atoms with E-state index >= 15 is 0 Å². The van der Waals surface area contributed by atoms with Gasteiger partial charge in [-0.2, -0.15) is 18.3 Å². The van der Waals surface area contributed by atoms with Crippen molar-refractivity contribution in [2.45, 2.75) is 57.8 Å². The van der Waals surface area contributed by atoms with E-state index in [4.69, 9.17) is 4.99 Å². The first-order valence-corrected chi connectivity index (χ1v) is 11.4. The molecular weight excluding hydrogens is 431 g/mol. The molecule has 0 amide bonds. The van der Waals surface area contributed by atoms with Crippen LogP contribution in [0.5, 0.6) is 0 Å². The van der Waals surface area contributed by atoms with Gasteiger partial charge in [-0.1, -0.05) is 12.1 Å². The molecule has 2 unspecified atom stereocenters. The maximum absolute atomic E-state index is 13.0. The van der Waals surface area contributed by atoms with E-state index in [-0.39, 0.29) is 30.4 Å². The smallest absolute Gasteiger partial charge is 0.356 e. The molecule has 1 N–H and O–H groups in total. The highest BCUT2D eigenvalue weighted by Crippen LogP contribution is 2.35. The molecule has 2 aliphatic rings. The molecule has 1 aromatic carbocycles. The van der Waals surface area contributed by atoms with Crippen LogP contribution in [0, 0.1) is 12.8 Å². The summed E-state index contributed by atoms with van der Waals surface area (Å²) >= 11 is 0. The molecule has 9 heteroatoms. The Morgan fingerprint density at radius 3 is 2.55 bits per heavy atom. The van der Waals surface area contributed by atoms with Crippen molar-refractivity contribution < 1.29 is 13.2 Å². The van der Waals surface area contributed by atoms with E-state index in [2.05, 4.69) is 21.7 Å². The number of para-hydroxylation sites is 1. The lowest BCUT2D eigenvalue weighted by molar-refractivity contribution is -0.186. The summed E-state index contributed by atoms with van der Waals surface area (Å²) in [4.78, 5) is 23.2. The molecule has 4 rings (SSSR count). The minimum atomic E-state index is -4.11. The number of aromatic amines is 1. The van der Waals surface area contributed by atoms with Crippen molar-refractivity contribution >= 4 is 23.5 Å². The van der Waals surface area contributed by atoms with Crippen LogP contribution in [0.25, 0.3) is 10.9 Å². The number of benzene rings is 1. The summed E-state index contributed by atoms with van der Waals surface area (Å²) in [7, 11) is 0. The fourth-order valence-electron chi connectivity index (χ4n) is 5.04. The van der Waals surface area contributed by atoms with Gasteiger partial charge >= 0.3 is 6.18 Å². The number of hydrogen-bond donors (Lipinski definition) is 1. The number of fused-ring (bicyclic) bond motifs is 1. The van der Waals surface area contributed by atoms with Crippen LogP contribution in [0.15, 0.2) is 39.2 Å². The summed E-state index contributed by atoms with van der Waals surface area (Å²) in [5.74, 6) is -0.413. The van der Waals surface area contributed by atoms with Gasteiger partial charge in [0.2, 0.25) is 0 Å². The lowest BCUT2D eigenvalue weighted by atomic mass is 9.93. The van der Waals surface area contributed by atoms with Crippen molar-refractivity contribution in [2.24, 2.45) is 16.0 Å². The van der Waals surface area contributed by atoms with E-state index in [1.807, 2.05) is 38.1 Å². The number of alkyl halides is 3. The molecule has 6 nitrogen and oxygen atoms in total. The number of piperidine rings is 2. The maximum atomic E-state index is 13.0. The van der Waals surface area contributed by atoms with Crippen molar-refractivity contribution in [1.29, 1.82) is 0 Å². The van der Waals surface area contributed by atoms with Crippen LogP contribution in [0.2, 0.25) is 0 Å². The zero-order valence-corrected chi connectivity index (χ0v) is 19.0. The second-order valence-electron chi connectivity index (χ2n) is 9.03. The van der Waals surface area contributed by atoms with Crippen LogP contribution >= 0.6 is 0 Å². The van der Waals surface area contributed by atoms with E-state index in [1.165, 1.54) is 0 Å². The Morgan fingerprint density at radius 1 is 1.18 bits per heavy atom. The second kappa shape index (κ2) is 9.29. The Hall–Kier alpha value is -2.68. The monoisotopic (exact) mass is 461 g/mol. The molecule has 0 radical (unpaired) electrons. The van der Waals surface area contributed by atoms with Gasteiger partial charge in [0.1, 0.15) is 5.84 Å². The van der Waals surface area contributed by atoms with Gasteiger partial charge in [-0.25, -0.2) is 0 Å². The van der Waals surface area contributed by atoms with Crippen molar-refractivity contribution in [2.75, 3.05) is 19.6 Å². The van der Waals surface area contributed by atoms with Crippen molar-refractivity contribution in [3.63, 3.8) is 0 Å². The number of hydrogen-bond acceptors (Lipinski definition) is 4. The predicted octanol–water partition coefficient (Wildman–Crippen LogP) is 4.65. The van der Waals surface area contributed by atoms with E-state index in [0.717, 1.165) is 23.5 Å². The summed E-state index contributed by atoms with van der Waals surface area (Å²) in [6.45, 7) is 8.87. The minimum Gasteiger partial charge on any atom is -0.356 e. The van der Waals surface area contributed by atoms with E-state index < -0.39 is 12.1 Å². The van der Waals surface area contributed by atoms with Crippen molar-refractivity contribution in [3.05, 3.63) is 45.7 Å². The number of likely N-dealkylation sites (tertiary alicyclic amines) is 1. The second-order valence-corrected chi connectivity index (χ2v) is 9.03. The SMILES string of the molecule is C=NN1CC(N2CCC(C(F)(F)F)CC2)CCC1=NC(C)c1[nH]c2ccccc2c(=O)c1C. The molecule has 0 spiro atoms. The quantitative estimate of drug-likeness (QED) is 0.674. The van der Waals surface area contributed by atoms with Crippen LogP contribution in [-0.2, 0) is 0 Å². The van der Waals surface area contributed by atoms with Gasteiger partial charge in [0, 0.05) is 41.3 Å². The molecule has 178 valence electrons. The summed E-state index contributed by atoms with van der Waals surface area (Å²) in [5.41, 5.74) is 2.19. The molecule has 2 atom stereocenters. The number of halogens is 3. The van der Waals surface area contributed by atoms with Crippen LogP contribution in [0.4, 0.5) is 13.2 Å². The number of nitrogens with zero attached hydrogens (tertiary/aromatic N) is 4. The van der Waals surface area contributed by atoms with Gasteiger partial charge in [0.25, 0.3) is 0 Å². The van der Waals surface area contributed by atoms with Gasteiger partial charge in [-0.15, -0.1) is 0 Å². The molecule has 2 fully saturated rings. The Kier molecular flexibility index (Phi) is 6.61. The van der Waals surface area contributed by atoms with Crippen LogP contribution < -0.4 is 5.43 Å². The van der Waals surface area contributed by atoms with Gasteiger partial charge in [0.05, 0.1) is 18.5 Å². The average molecular weight is 462 g/mol. The highest BCUT2D eigenvalue weighted by molar-refractivity contribution is 5.84. The average Bonchev–Trinajstić information content (AvgIpc) is 2.81. The maximum Gasteiger partial charge on any atom is 0.391 e. The van der Waals surface area contributed by atoms with Gasteiger partial charge in [-0.3, -0.25) is 19.7 Å². The van der Waals surface area contributed by atoms with Crippen LogP contribution in [0.3, 0.4) is 0 Å². The molecule has 0 bridgehead atoms. The largest absolute Gasteiger partial charge is 0.391 e. The lowest BCUT2D eigenvalue weighted by Crippen LogP contribution is -2.51. The number of hydrazone groups is 1. The minimum absolute atomic E-state index is 0.00364. The molecule has 0 saturated carbocycles. The Labute approximate surface area is 191 Å². The topological polar surface area (TPSA) is 64.1 Å². The highest BCUT2D eigenvalue weighted by atomic mass is 19.4. The van der Waals surface area contributed by atoms with Crippen LogP contribution in [0.1, 0.15) is 49.9 Å². The van der Waals surface area contributed by atoms with Gasteiger partial charge in [-0.05, 0) is 58.3 Å². The molecule has 2 aliphatic heterocycles. The van der Waals surface area contributed by atoms with E-state index in [1.54, 1.807) is 5.01 Å². The molecule has 2 saturated heterocycles. The lowest BCUT2D eigenvalue weighted by Gasteiger charge is -2.42. The first-order chi connectivity index (χ1) is 15.7. The number of aliphatic imine (C=N–C) groups is 1. The van der Waals surface area contributed by atoms with E-state index in [9.17, 15) is 18.0 Å². The normalized spacial score (nSPS) is 23.2. The molecule has 2 aromatic rings. The summed E-state index contributed by atoms with van der Waals surface area (Å²) in [6, 6.07) is 7.27. The Bertz CT molecular complexity index is 1100. The molecule has 1 aromatic heterocycles. The highest BCUT2D eigenvalue weighted by Gasteiger charge is 2.42. The summed E-state index contributed by atoms with van der Waals surface area (Å²) in [6.07, 6.45) is -2.35. The zero-order chi connectivity index (χ0) is 23.8. The Balaban J connectivity index is 1.48. The summed E-state index contributed by atoms with van der Waals surface area (Å²) in [5, 5.41) is 6.55. The zero-order valence-electron chi connectivity index (χ0n) is 19.0. The number of rotatable bonds is 4. The third-order valence-corrected chi connectivity index (χ3v) is 7.01.